The van der Waals surface area contributed by atoms with Crippen molar-refractivity contribution in [2.75, 3.05) is 20.3 Å². The van der Waals surface area contributed by atoms with Crippen molar-refractivity contribution >= 4 is 5.91 Å². The molecule has 0 aromatic heterocycles. The van der Waals surface area contributed by atoms with Crippen LogP contribution < -0.4 is 10.1 Å². The van der Waals surface area contributed by atoms with Crippen LogP contribution in [0.2, 0.25) is 0 Å². The summed E-state index contributed by atoms with van der Waals surface area (Å²) in [7, 11) is 1.62. The largest absolute Gasteiger partial charge is 0.491 e. The summed E-state index contributed by atoms with van der Waals surface area (Å²) in [6, 6.07) is 9.27. The van der Waals surface area contributed by atoms with Crippen molar-refractivity contribution in [2.45, 2.75) is 38.1 Å². The molecule has 124 valence electrons. The van der Waals surface area contributed by atoms with E-state index < -0.39 is 5.54 Å². The summed E-state index contributed by atoms with van der Waals surface area (Å²) in [5, 5.41) is 12.5. The van der Waals surface area contributed by atoms with Crippen LogP contribution in [0, 0.1) is 17.2 Å². The maximum absolute atomic E-state index is 12.4. The highest BCUT2D eigenvalue weighted by atomic mass is 16.5. The lowest BCUT2D eigenvalue weighted by atomic mass is 9.77. The molecule has 0 spiro atoms. The first kappa shape index (κ1) is 17.3. The predicted molar refractivity (Wildman–Crippen MR) is 87.3 cm³/mol. The van der Waals surface area contributed by atoms with E-state index >= 15 is 0 Å². The van der Waals surface area contributed by atoms with Gasteiger partial charge >= 0.3 is 0 Å². The molecule has 2 atom stereocenters. The molecule has 0 saturated heterocycles. The summed E-state index contributed by atoms with van der Waals surface area (Å²) in [5.74, 6) is 0.948. The standard InChI is InChI=1S/C18H24N2O3/c1-14-4-3-9-18(12-14,13-19)20-17(21)15-5-7-16(8-6-15)23-11-10-22-2/h5-8,14H,3-4,9-12H2,1-2H3,(H,20,21)/t14-,18-/m1/s1. The Bertz CT molecular complexity index is 565. The van der Waals surface area contributed by atoms with E-state index in [0.29, 0.717) is 36.9 Å². The molecule has 1 aromatic rings. The minimum Gasteiger partial charge on any atom is -0.491 e. The second-order valence-electron chi connectivity index (χ2n) is 6.22. The molecule has 5 nitrogen and oxygen atoms in total. The monoisotopic (exact) mass is 316 g/mol. The first-order valence-corrected chi connectivity index (χ1v) is 8.04. The number of hydrogen-bond acceptors (Lipinski definition) is 4. The fourth-order valence-electron chi connectivity index (χ4n) is 3.03. The van der Waals surface area contributed by atoms with Crippen molar-refractivity contribution < 1.29 is 14.3 Å². The molecule has 1 N–H and O–H groups in total. The van der Waals surface area contributed by atoms with E-state index in [9.17, 15) is 10.1 Å². The fraction of sp³-hybridized carbons (Fsp3) is 0.556. The quantitative estimate of drug-likeness (QED) is 0.819. The lowest BCUT2D eigenvalue weighted by Gasteiger charge is -2.35. The number of carbonyl (C=O) groups is 1. The van der Waals surface area contributed by atoms with Crippen LogP contribution in [0.15, 0.2) is 24.3 Å². The van der Waals surface area contributed by atoms with Crippen molar-refractivity contribution in [1.82, 2.24) is 5.32 Å². The molecular weight excluding hydrogens is 292 g/mol. The molecule has 1 aromatic carbocycles. The number of nitriles is 1. The van der Waals surface area contributed by atoms with Gasteiger partial charge in [0.1, 0.15) is 17.9 Å². The van der Waals surface area contributed by atoms with E-state index in [1.165, 1.54) is 0 Å². The summed E-state index contributed by atoms with van der Waals surface area (Å²) in [6.07, 6.45) is 3.53. The van der Waals surface area contributed by atoms with E-state index in [1.54, 1.807) is 31.4 Å². The lowest BCUT2D eigenvalue weighted by Crippen LogP contribution is -2.50. The minimum atomic E-state index is -0.734. The van der Waals surface area contributed by atoms with E-state index in [-0.39, 0.29) is 5.91 Å². The Labute approximate surface area is 137 Å². The van der Waals surface area contributed by atoms with E-state index in [2.05, 4.69) is 18.3 Å². The fourth-order valence-corrected chi connectivity index (χ4v) is 3.03. The number of carbonyl (C=O) groups excluding carboxylic acids is 1. The number of ether oxygens (including phenoxy) is 2. The van der Waals surface area contributed by atoms with Gasteiger partial charge in [0.15, 0.2) is 0 Å². The summed E-state index contributed by atoms with van der Waals surface area (Å²) in [6.45, 7) is 3.12. The number of rotatable bonds is 6. The van der Waals surface area contributed by atoms with Gasteiger partial charge < -0.3 is 14.8 Å². The van der Waals surface area contributed by atoms with Crippen LogP contribution in [-0.2, 0) is 4.74 Å². The van der Waals surface area contributed by atoms with Gasteiger partial charge in [0.2, 0.25) is 0 Å². The molecule has 1 aliphatic rings. The van der Waals surface area contributed by atoms with Crippen LogP contribution in [-0.4, -0.2) is 31.8 Å². The second kappa shape index (κ2) is 7.98. The second-order valence-corrected chi connectivity index (χ2v) is 6.22. The Kier molecular flexibility index (Phi) is 6.00. The molecule has 0 radical (unpaired) electrons. The third kappa shape index (κ3) is 4.70. The van der Waals surface area contributed by atoms with Gasteiger partial charge in [-0.3, -0.25) is 4.79 Å². The van der Waals surface area contributed by atoms with E-state index in [1.807, 2.05) is 0 Å². The predicted octanol–water partition coefficient (Wildman–Crippen LogP) is 2.91. The van der Waals surface area contributed by atoms with Gasteiger partial charge in [-0.05, 0) is 49.4 Å². The number of benzene rings is 1. The van der Waals surface area contributed by atoms with Crippen molar-refractivity contribution in [3.05, 3.63) is 29.8 Å². The molecule has 0 heterocycles. The molecule has 1 fully saturated rings. The Hall–Kier alpha value is -2.06. The number of amides is 1. The zero-order valence-electron chi connectivity index (χ0n) is 13.8. The highest BCUT2D eigenvalue weighted by Crippen LogP contribution is 2.32. The minimum absolute atomic E-state index is 0.205. The number of methoxy groups -OCH3 is 1. The van der Waals surface area contributed by atoms with Gasteiger partial charge in [0.25, 0.3) is 5.91 Å². The van der Waals surface area contributed by atoms with E-state index in [4.69, 9.17) is 9.47 Å². The van der Waals surface area contributed by atoms with Gasteiger partial charge in [-0.1, -0.05) is 13.3 Å². The zero-order valence-corrected chi connectivity index (χ0v) is 13.8. The van der Waals surface area contributed by atoms with Gasteiger partial charge in [-0.15, -0.1) is 0 Å². The SMILES string of the molecule is COCCOc1ccc(C(=O)N[C@]2(C#N)CCC[C@@H](C)C2)cc1. The van der Waals surface area contributed by atoms with Gasteiger partial charge in [0, 0.05) is 12.7 Å². The average molecular weight is 316 g/mol. The van der Waals surface area contributed by atoms with Crippen molar-refractivity contribution in [3.63, 3.8) is 0 Å². The molecule has 23 heavy (non-hydrogen) atoms. The maximum Gasteiger partial charge on any atom is 0.252 e. The molecule has 1 amide bonds. The van der Waals surface area contributed by atoms with Crippen LogP contribution in [0.1, 0.15) is 43.0 Å². The Morgan fingerprint density at radius 2 is 2.13 bits per heavy atom. The van der Waals surface area contributed by atoms with Crippen LogP contribution in [0.5, 0.6) is 5.75 Å². The number of hydrogen-bond donors (Lipinski definition) is 1. The van der Waals surface area contributed by atoms with Crippen molar-refractivity contribution in [3.8, 4) is 11.8 Å². The summed E-state index contributed by atoms with van der Waals surface area (Å²) in [4.78, 5) is 12.4. The van der Waals surface area contributed by atoms with Crippen LogP contribution in [0.4, 0.5) is 0 Å². The normalized spacial score (nSPS) is 23.8. The molecule has 5 heteroatoms. The molecule has 1 aliphatic carbocycles. The van der Waals surface area contributed by atoms with Gasteiger partial charge in [-0.25, -0.2) is 0 Å². The smallest absolute Gasteiger partial charge is 0.252 e. The molecule has 2 rings (SSSR count). The van der Waals surface area contributed by atoms with E-state index in [0.717, 1.165) is 19.3 Å². The molecule has 0 unspecified atom stereocenters. The van der Waals surface area contributed by atoms with Crippen molar-refractivity contribution in [2.24, 2.45) is 5.92 Å². The van der Waals surface area contributed by atoms with Gasteiger partial charge in [0.05, 0.1) is 12.7 Å². The summed E-state index contributed by atoms with van der Waals surface area (Å²) in [5.41, 5.74) is -0.195. The Morgan fingerprint density at radius 1 is 1.39 bits per heavy atom. The lowest BCUT2D eigenvalue weighted by molar-refractivity contribution is 0.0890. The average Bonchev–Trinajstić information content (AvgIpc) is 2.55. The van der Waals surface area contributed by atoms with Gasteiger partial charge in [-0.2, -0.15) is 5.26 Å². The highest BCUT2D eigenvalue weighted by Gasteiger charge is 2.36. The molecular formula is C18H24N2O3. The van der Waals surface area contributed by atoms with Crippen molar-refractivity contribution in [1.29, 1.82) is 5.26 Å². The first-order valence-electron chi connectivity index (χ1n) is 8.04. The number of nitrogens with zero attached hydrogens (tertiary/aromatic N) is 1. The maximum atomic E-state index is 12.4. The molecule has 1 saturated carbocycles. The van der Waals surface area contributed by atoms with Crippen LogP contribution in [0.25, 0.3) is 0 Å². The third-order valence-electron chi connectivity index (χ3n) is 4.24. The number of nitrogens with one attached hydrogen (secondary N) is 1. The highest BCUT2D eigenvalue weighted by molar-refractivity contribution is 5.95. The first-order chi connectivity index (χ1) is 11.1. The zero-order chi connectivity index (χ0) is 16.7. The van der Waals surface area contributed by atoms with Crippen LogP contribution in [0.3, 0.4) is 0 Å². The molecule has 0 bridgehead atoms. The summed E-state index contributed by atoms with van der Waals surface area (Å²) < 4.78 is 10.4. The molecule has 0 aliphatic heterocycles. The Morgan fingerprint density at radius 3 is 2.74 bits per heavy atom. The van der Waals surface area contributed by atoms with Crippen LogP contribution >= 0.6 is 0 Å². The summed E-state index contributed by atoms with van der Waals surface area (Å²) >= 11 is 0. The topological polar surface area (TPSA) is 71.3 Å². The Balaban J connectivity index is 1.98. The third-order valence-corrected chi connectivity index (χ3v) is 4.24.